The first-order valence-electron chi connectivity index (χ1n) is 5.41. The van der Waals surface area contributed by atoms with Crippen LogP contribution in [0.4, 0.5) is 5.82 Å². The number of hydrogen-bond acceptors (Lipinski definition) is 6. The van der Waals surface area contributed by atoms with Crippen molar-refractivity contribution < 1.29 is 4.84 Å². The molecule has 0 spiro atoms. The molecule has 3 rings (SSSR count). The van der Waals surface area contributed by atoms with Crippen molar-refractivity contribution in [3.05, 3.63) is 27.7 Å². The number of rotatable bonds is 2. The van der Waals surface area contributed by atoms with Crippen LogP contribution in [0, 0.1) is 0 Å². The minimum absolute atomic E-state index is 0.425. The molecule has 0 aliphatic carbocycles. The summed E-state index contributed by atoms with van der Waals surface area (Å²) in [5.41, 5.74) is 7.51. The van der Waals surface area contributed by atoms with E-state index in [4.69, 9.17) is 5.73 Å². The van der Waals surface area contributed by atoms with Gasteiger partial charge < -0.3 is 10.6 Å². The van der Waals surface area contributed by atoms with E-state index in [9.17, 15) is 0 Å². The first-order chi connectivity index (χ1) is 9.19. The van der Waals surface area contributed by atoms with Gasteiger partial charge >= 0.3 is 0 Å². The highest BCUT2D eigenvalue weighted by molar-refractivity contribution is 9.10. The Bertz CT molecular complexity index is 799. The van der Waals surface area contributed by atoms with Crippen LogP contribution in [0.3, 0.4) is 0 Å². The number of fused-ring (bicyclic) bond motifs is 3. The predicted octanol–water partition coefficient (Wildman–Crippen LogP) is 3.17. The van der Waals surface area contributed by atoms with E-state index >= 15 is 0 Å². The van der Waals surface area contributed by atoms with Gasteiger partial charge in [-0.2, -0.15) is 0 Å². The SMILES string of the molecule is CON=Cc1nc2c(N)nc3cc(Br)ccc3c2s1. The van der Waals surface area contributed by atoms with Crippen molar-refractivity contribution in [2.24, 2.45) is 5.16 Å². The number of thiazole rings is 1. The van der Waals surface area contributed by atoms with E-state index in [-0.39, 0.29) is 0 Å². The lowest BCUT2D eigenvalue weighted by molar-refractivity contribution is 0.215. The Morgan fingerprint density at radius 3 is 3.05 bits per heavy atom. The number of hydrogen-bond donors (Lipinski definition) is 1. The minimum Gasteiger partial charge on any atom is -0.399 e. The van der Waals surface area contributed by atoms with Gasteiger partial charge in [-0.15, -0.1) is 11.3 Å². The van der Waals surface area contributed by atoms with Gasteiger partial charge in [-0.3, -0.25) is 0 Å². The van der Waals surface area contributed by atoms with E-state index in [2.05, 4.69) is 35.9 Å². The third kappa shape index (κ3) is 2.15. The summed E-state index contributed by atoms with van der Waals surface area (Å²) < 4.78 is 1.98. The lowest BCUT2D eigenvalue weighted by atomic mass is 10.2. The van der Waals surface area contributed by atoms with Crippen LogP contribution < -0.4 is 5.73 Å². The van der Waals surface area contributed by atoms with Crippen molar-refractivity contribution in [1.29, 1.82) is 0 Å². The Hall–Kier alpha value is -1.73. The zero-order valence-electron chi connectivity index (χ0n) is 9.92. The Labute approximate surface area is 121 Å². The van der Waals surface area contributed by atoms with Crippen molar-refractivity contribution in [2.45, 2.75) is 0 Å². The van der Waals surface area contributed by atoms with Gasteiger partial charge in [0.25, 0.3) is 0 Å². The second-order valence-electron chi connectivity index (χ2n) is 3.81. The zero-order chi connectivity index (χ0) is 13.4. The number of anilines is 1. The average molecular weight is 337 g/mol. The van der Waals surface area contributed by atoms with Crippen molar-refractivity contribution in [2.75, 3.05) is 12.8 Å². The molecule has 0 atom stereocenters. The molecule has 0 aliphatic heterocycles. The maximum absolute atomic E-state index is 5.96. The maximum Gasteiger partial charge on any atom is 0.151 e. The van der Waals surface area contributed by atoms with Crippen LogP contribution >= 0.6 is 27.3 Å². The maximum atomic E-state index is 5.96. The summed E-state index contributed by atoms with van der Waals surface area (Å²) >= 11 is 4.94. The fraction of sp³-hybridized carbons (Fsp3) is 0.0833. The topological polar surface area (TPSA) is 73.4 Å². The Morgan fingerprint density at radius 2 is 2.26 bits per heavy atom. The minimum atomic E-state index is 0.425. The van der Waals surface area contributed by atoms with Gasteiger partial charge in [0, 0.05) is 9.86 Å². The van der Waals surface area contributed by atoms with Gasteiger partial charge in [0.05, 0.1) is 10.2 Å². The smallest absolute Gasteiger partial charge is 0.151 e. The Morgan fingerprint density at radius 1 is 1.42 bits per heavy atom. The van der Waals surface area contributed by atoms with Crippen molar-refractivity contribution in [3.8, 4) is 0 Å². The normalized spacial score (nSPS) is 11.7. The monoisotopic (exact) mass is 336 g/mol. The second kappa shape index (κ2) is 4.75. The molecule has 0 radical (unpaired) electrons. The first-order valence-corrected chi connectivity index (χ1v) is 7.02. The number of nitrogens with zero attached hydrogens (tertiary/aromatic N) is 3. The van der Waals surface area contributed by atoms with E-state index in [0.29, 0.717) is 11.3 Å². The standard InChI is InChI=1S/C12H9BrN4OS/c1-18-15-5-9-17-10-11(19-9)7-3-2-6(13)4-8(7)16-12(10)14/h2-5H,1H3,(H2,14,16). The molecule has 0 bridgehead atoms. The zero-order valence-corrected chi connectivity index (χ0v) is 12.3. The van der Waals surface area contributed by atoms with Crippen LogP contribution in [-0.4, -0.2) is 23.3 Å². The molecular formula is C12H9BrN4OS. The number of pyridine rings is 1. The van der Waals surface area contributed by atoms with Gasteiger partial charge in [0.2, 0.25) is 0 Å². The molecule has 2 N–H and O–H groups in total. The van der Waals surface area contributed by atoms with E-state index in [1.807, 2.05) is 18.2 Å². The fourth-order valence-electron chi connectivity index (χ4n) is 1.82. The molecule has 0 aliphatic rings. The number of benzene rings is 1. The molecule has 1 aromatic carbocycles. The molecule has 5 nitrogen and oxygen atoms in total. The summed E-state index contributed by atoms with van der Waals surface area (Å²) in [4.78, 5) is 13.4. The molecule has 96 valence electrons. The highest BCUT2D eigenvalue weighted by atomic mass is 79.9. The molecule has 0 saturated heterocycles. The second-order valence-corrected chi connectivity index (χ2v) is 5.75. The Balaban J connectivity index is 2.33. The molecule has 0 fully saturated rings. The summed E-state index contributed by atoms with van der Waals surface area (Å²) in [6.07, 6.45) is 1.56. The summed E-state index contributed by atoms with van der Waals surface area (Å²) in [5, 5.41) is 5.48. The van der Waals surface area contributed by atoms with E-state index in [1.165, 1.54) is 18.4 Å². The van der Waals surface area contributed by atoms with E-state index in [1.54, 1.807) is 6.21 Å². The van der Waals surface area contributed by atoms with Gasteiger partial charge in [-0.25, -0.2) is 9.97 Å². The predicted molar refractivity (Wildman–Crippen MR) is 81.6 cm³/mol. The number of aromatic nitrogens is 2. The van der Waals surface area contributed by atoms with Gasteiger partial charge in [-0.1, -0.05) is 27.2 Å². The Kier molecular flexibility index (Phi) is 3.08. The van der Waals surface area contributed by atoms with Gasteiger partial charge in [0.1, 0.15) is 23.8 Å². The number of nitrogens with two attached hydrogens (primary N) is 1. The quantitative estimate of drug-likeness (QED) is 0.576. The molecule has 3 aromatic rings. The molecular weight excluding hydrogens is 328 g/mol. The highest BCUT2D eigenvalue weighted by Gasteiger charge is 2.11. The average Bonchev–Trinajstić information content (AvgIpc) is 2.81. The third-order valence-corrected chi connectivity index (χ3v) is 4.12. The van der Waals surface area contributed by atoms with Crippen molar-refractivity contribution in [3.63, 3.8) is 0 Å². The van der Waals surface area contributed by atoms with E-state index in [0.717, 1.165) is 25.1 Å². The number of halogens is 1. The highest BCUT2D eigenvalue weighted by Crippen LogP contribution is 2.33. The summed E-state index contributed by atoms with van der Waals surface area (Å²) in [6.45, 7) is 0. The van der Waals surface area contributed by atoms with Crippen molar-refractivity contribution >= 4 is 60.4 Å². The molecule has 0 unspecified atom stereocenters. The van der Waals surface area contributed by atoms with Gasteiger partial charge in [0.15, 0.2) is 5.82 Å². The van der Waals surface area contributed by atoms with Crippen LogP contribution in [0.2, 0.25) is 0 Å². The molecule has 19 heavy (non-hydrogen) atoms. The summed E-state index contributed by atoms with van der Waals surface area (Å²) in [6, 6.07) is 5.92. The molecule has 2 heterocycles. The van der Waals surface area contributed by atoms with Gasteiger partial charge in [-0.05, 0) is 12.1 Å². The molecule has 0 amide bonds. The molecule has 2 aromatic heterocycles. The first kappa shape index (κ1) is 12.3. The molecule has 7 heteroatoms. The molecule has 0 saturated carbocycles. The fourth-order valence-corrected chi connectivity index (χ4v) is 3.14. The third-order valence-electron chi connectivity index (χ3n) is 2.60. The van der Waals surface area contributed by atoms with Crippen molar-refractivity contribution in [1.82, 2.24) is 9.97 Å². The largest absolute Gasteiger partial charge is 0.399 e. The van der Waals surface area contributed by atoms with Crippen LogP contribution in [0.5, 0.6) is 0 Å². The number of nitrogen functional groups attached to an aromatic ring is 1. The lowest BCUT2D eigenvalue weighted by Crippen LogP contribution is -1.92. The van der Waals surface area contributed by atoms with Crippen LogP contribution in [-0.2, 0) is 4.84 Å². The lowest BCUT2D eigenvalue weighted by Gasteiger charge is -2.01. The summed E-state index contributed by atoms with van der Waals surface area (Å²) in [5.74, 6) is 0.425. The van der Waals surface area contributed by atoms with Crippen LogP contribution in [0.1, 0.15) is 5.01 Å². The van der Waals surface area contributed by atoms with Crippen LogP contribution in [0.15, 0.2) is 27.8 Å². The van der Waals surface area contributed by atoms with Crippen LogP contribution in [0.25, 0.3) is 21.1 Å². The van der Waals surface area contributed by atoms with E-state index < -0.39 is 0 Å². The summed E-state index contributed by atoms with van der Waals surface area (Å²) in [7, 11) is 1.49. The number of oxime groups is 1.